The molecule has 210 valence electrons. The van der Waals surface area contributed by atoms with Crippen LogP contribution in [0, 0.1) is 24.7 Å². The van der Waals surface area contributed by atoms with Crippen LogP contribution >= 0.6 is 11.6 Å². The summed E-state index contributed by atoms with van der Waals surface area (Å²) < 4.78 is 12.1. The lowest BCUT2D eigenvalue weighted by Crippen LogP contribution is -2.37. The molecular formula is C33H36ClNO5. The SMILES string of the molecule is Cc1ccc(NC(=O)COc2ccc(C3C4=C(CC(C)(C)CC4=O)OC4=C3C(=O)CC(C)(C)C4)cc2Cl)cc1C. The van der Waals surface area contributed by atoms with Crippen LogP contribution in [0.15, 0.2) is 59.1 Å². The van der Waals surface area contributed by atoms with Crippen molar-refractivity contribution in [3.8, 4) is 5.75 Å². The van der Waals surface area contributed by atoms with Crippen LogP contribution in [-0.2, 0) is 19.1 Å². The number of hydrogen-bond donors (Lipinski definition) is 1. The first-order chi connectivity index (χ1) is 18.7. The minimum Gasteiger partial charge on any atom is -0.482 e. The van der Waals surface area contributed by atoms with Gasteiger partial charge in [-0.05, 0) is 65.6 Å². The van der Waals surface area contributed by atoms with Gasteiger partial charge in [0.15, 0.2) is 18.2 Å². The number of benzene rings is 2. The fourth-order valence-electron chi connectivity index (χ4n) is 5.98. The van der Waals surface area contributed by atoms with E-state index < -0.39 is 5.92 Å². The van der Waals surface area contributed by atoms with E-state index in [9.17, 15) is 14.4 Å². The molecule has 2 aromatic carbocycles. The van der Waals surface area contributed by atoms with Crippen molar-refractivity contribution in [3.63, 3.8) is 0 Å². The number of halogens is 1. The maximum absolute atomic E-state index is 13.5. The molecule has 0 radical (unpaired) electrons. The molecule has 0 saturated heterocycles. The number of hydrogen-bond acceptors (Lipinski definition) is 5. The van der Waals surface area contributed by atoms with Crippen molar-refractivity contribution in [3.05, 3.63) is 80.8 Å². The Hall–Kier alpha value is -3.38. The molecule has 7 heteroatoms. The number of anilines is 1. The molecule has 0 aromatic heterocycles. The van der Waals surface area contributed by atoms with Gasteiger partial charge in [-0.25, -0.2) is 0 Å². The number of carbonyl (C=O) groups excluding carboxylic acids is 3. The van der Waals surface area contributed by atoms with E-state index >= 15 is 0 Å². The van der Waals surface area contributed by atoms with Crippen LogP contribution in [0.1, 0.15) is 76.0 Å². The van der Waals surface area contributed by atoms with E-state index in [2.05, 4.69) is 33.0 Å². The van der Waals surface area contributed by atoms with E-state index in [0.29, 0.717) is 64.8 Å². The van der Waals surface area contributed by atoms with Crippen LogP contribution in [0.3, 0.4) is 0 Å². The number of Topliss-reactive ketones (excluding diaryl/α,β-unsaturated/α-hetero) is 2. The Balaban J connectivity index is 1.42. The average molecular weight is 562 g/mol. The summed E-state index contributed by atoms with van der Waals surface area (Å²) in [6.07, 6.45) is 2.03. The molecule has 1 N–H and O–H groups in total. The van der Waals surface area contributed by atoms with E-state index in [-0.39, 0.29) is 34.9 Å². The van der Waals surface area contributed by atoms with Gasteiger partial charge in [0, 0.05) is 48.4 Å². The summed E-state index contributed by atoms with van der Waals surface area (Å²) in [6, 6.07) is 11.0. The Morgan fingerprint density at radius 1 is 0.900 bits per heavy atom. The van der Waals surface area contributed by atoms with Gasteiger partial charge in [0.1, 0.15) is 17.3 Å². The standard InChI is InChI=1S/C33H36ClNO5/c1-18-7-9-21(11-19(18)2)35-28(38)17-39-25-10-8-20(12-22(25)34)29-30-23(36)13-32(3,4)15-26(30)40-27-16-33(5,6)14-24(37)31(27)29/h7-12,29H,13-17H2,1-6H3,(H,35,38). The van der Waals surface area contributed by atoms with Crippen molar-refractivity contribution in [1.82, 2.24) is 0 Å². The highest BCUT2D eigenvalue weighted by molar-refractivity contribution is 6.32. The first kappa shape index (κ1) is 28.2. The van der Waals surface area contributed by atoms with Crippen LogP contribution in [0.25, 0.3) is 0 Å². The molecule has 0 saturated carbocycles. The topological polar surface area (TPSA) is 81.7 Å². The van der Waals surface area contributed by atoms with Gasteiger partial charge in [-0.1, -0.05) is 51.4 Å². The molecule has 2 aliphatic carbocycles. The first-order valence-electron chi connectivity index (χ1n) is 13.7. The Morgan fingerprint density at radius 3 is 2.05 bits per heavy atom. The lowest BCUT2D eigenvalue weighted by Gasteiger charge is -2.42. The van der Waals surface area contributed by atoms with E-state index in [1.54, 1.807) is 12.1 Å². The third-order valence-electron chi connectivity index (χ3n) is 8.02. The van der Waals surface area contributed by atoms with Crippen molar-refractivity contribution in [2.45, 2.75) is 73.1 Å². The normalized spacial score (nSPS) is 20.1. The zero-order chi connectivity index (χ0) is 29.0. The van der Waals surface area contributed by atoms with Crippen LogP contribution < -0.4 is 10.1 Å². The molecule has 3 aliphatic rings. The fourth-order valence-corrected chi connectivity index (χ4v) is 6.22. The molecule has 2 aromatic rings. The monoisotopic (exact) mass is 561 g/mol. The summed E-state index contributed by atoms with van der Waals surface area (Å²) in [5.74, 6) is 0.835. The van der Waals surface area contributed by atoms with Crippen molar-refractivity contribution < 1.29 is 23.9 Å². The van der Waals surface area contributed by atoms with Gasteiger partial charge in [0.2, 0.25) is 0 Å². The Bertz CT molecular complexity index is 1440. The molecule has 0 unspecified atom stereocenters. The Labute approximate surface area is 240 Å². The van der Waals surface area contributed by atoms with Gasteiger partial charge < -0.3 is 14.8 Å². The third-order valence-corrected chi connectivity index (χ3v) is 8.32. The van der Waals surface area contributed by atoms with Gasteiger partial charge in [0.25, 0.3) is 5.91 Å². The second kappa shape index (κ2) is 10.2. The summed E-state index contributed by atoms with van der Waals surface area (Å²) in [6.45, 7) is 12.0. The molecule has 0 fully saturated rings. The molecule has 0 atom stereocenters. The van der Waals surface area contributed by atoms with Crippen molar-refractivity contribution in [2.75, 3.05) is 11.9 Å². The Kier molecular flexibility index (Phi) is 7.20. The zero-order valence-corrected chi connectivity index (χ0v) is 24.8. The number of amides is 1. The number of nitrogens with one attached hydrogen (secondary N) is 1. The number of allylic oxidation sites excluding steroid dienone is 4. The highest BCUT2D eigenvalue weighted by Gasteiger charge is 2.47. The van der Waals surface area contributed by atoms with E-state index in [1.807, 2.05) is 38.1 Å². The fraction of sp³-hybridized carbons (Fsp3) is 0.424. The zero-order valence-electron chi connectivity index (χ0n) is 24.0. The first-order valence-corrected chi connectivity index (χ1v) is 14.1. The molecule has 1 aliphatic heterocycles. The lowest BCUT2D eigenvalue weighted by molar-refractivity contribution is -0.120. The maximum Gasteiger partial charge on any atom is 0.262 e. The third kappa shape index (κ3) is 5.60. The van der Waals surface area contributed by atoms with Crippen molar-refractivity contribution >= 4 is 34.8 Å². The van der Waals surface area contributed by atoms with Gasteiger partial charge in [-0.3, -0.25) is 14.4 Å². The van der Waals surface area contributed by atoms with E-state index in [0.717, 1.165) is 16.7 Å². The maximum atomic E-state index is 13.5. The molecule has 6 nitrogen and oxygen atoms in total. The van der Waals surface area contributed by atoms with Gasteiger partial charge in [-0.2, -0.15) is 0 Å². The molecule has 1 heterocycles. The predicted molar refractivity (Wildman–Crippen MR) is 155 cm³/mol. The summed E-state index contributed by atoms with van der Waals surface area (Å²) in [7, 11) is 0. The van der Waals surface area contributed by atoms with Crippen LogP contribution in [0.4, 0.5) is 5.69 Å². The van der Waals surface area contributed by atoms with Crippen molar-refractivity contribution in [2.24, 2.45) is 10.8 Å². The van der Waals surface area contributed by atoms with E-state index in [4.69, 9.17) is 21.1 Å². The highest BCUT2D eigenvalue weighted by atomic mass is 35.5. The van der Waals surface area contributed by atoms with Crippen molar-refractivity contribution in [1.29, 1.82) is 0 Å². The largest absolute Gasteiger partial charge is 0.482 e. The average Bonchev–Trinajstić information content (AvgIpc) is 2.82. The highest BCUT2D eigenvalue weighted by Crippen LogP contribution is 2.53. The number of ether oxygens (including phenoxy) is 2. The minimum absolute atomic E-state index is 0.0000961. The second-order valence-corrected chi connectivity index (χ2v) is 13.3. The summed E-state index contributed by atoms with van der Waals surface area (Å²) in [5, 5.41) is 3.14. The van der Waals surface area contributed by atoms with E-state index in [1.165, 1.54) is 0 Å². The van der Waals surface area contributed by atoms with Crippen LogP contribution in [0.5, 0.6) is 5.75 Å². The quantitative estimate of drug-likeness (QED) is 0.412. The summed E-state index contributed by atoms with van der Waals surface area (Å²) in [5.41, 5.74) is 4.34. The minimum atomic E-state index is -0.537. The summed E-state index contributed by atoms with van der Waals surface area (Å²) in [4.78, 5) is 39.5. The second-order valence-electron chi connectivity index (χ2n) is 12.9. The number of ketones is 2. The smallest absolute Gasteiger partial charge is 0.262 e. The Morgan fingerprint density at radius 2 is 1.50 bits per heavy atom. The van der Waals surface area contributed by atoms with Gasteiger partial charge >= 0.3 is 0 Å². The van der Waals surface area contributed by atoms with Crippen LogP contribution in [0.2, 0.25) is 5.02 Å². The van der Waals surface area contributed by atoms with Crippen LogP contribution in [-0.4, -0.2) is 24.1 Å². The molecule has 1 amide bonds. The summed E-state index contributed by atoms with van der Waals surface area (Å²) >= 11 is 6.65. The molecular weight excluding hydrogens is 526 g/mol. The predicted octanol–water partition coefficient (Wildman–Crippen LogP) is 7.37. The molecule has 5 rings (SSSR count). The number of carbonyl (C=O) groups is 3. The molecule has 0 bridgehead atoms. The lowest BCUT2D eigenvalue weighted by atomic mass is 9.65. The number of rotatable bonds is 5. The number of aryl methyl sites for hydroxylation is 2. The molecule has 0 spiro atoms. The molecule has 40 heavy (non-hydrogen) atoms. The van der Waals surface area contributed by atoms with Gasteiger partial charge in [0.05, 0.1) is 5.02 Å². The van der Waals surface area contributed by atoms with Gasteiger partial charge in [-0.15, -0.1) is 0 Å².